The van der Waals surface area contributed by atoms with Gasteiger partial charge in [0.25, 0.3) is 0 Å². The number of nitrogens with zero attached hydrogens (tertiary/aromatic N) is 5. The summed E-state index contributed by atoms with van der Waals surface area (Å²) in [5.41, 5.74) is 12.5. The van der Waals surface area contributed by atoms with E-state index in [-0.39, 0.29) is 12.3 Å². The van der Waals surface area contributed by atoms with Gasteiger partial charge < -0.3 is 35.3 Å². The van der Waals surface area contributed by atoms with Gasteiger partial charge >= 0.3 is 0 Å². The molecule has 13 nitrogen and oxygen atoms in total. The Kier molecular flexibility index (Phi) is 7.59. The molecule has 1 unspecified atom stereocenters. The first kappa shape index (κ1) is 22.4. The average Bonchev–Trinajstić information content (AvgIpc) is 3.16. The minimum Gasteiger partial charge on any atom is -0.759 e. The van der Waals surface area contributed by atoms with E-state index in [9.17, 15) is 5.11 Å². The van der Waals surface area contributed by atoms with E-state index in [1.807, 2.05) is 7.05 Å². The van der Waals surface area contributed by atoms with Gasteiger partial charge in [0.05, 0.1) is 18.5 Å². The van der Waals surface area contributed by atoms with Gasteiger partial charge in [-0.15, -0.1) is 0 Å². The Morgan fingerprint density at radius 2 is 2.07 bits per heavy atom. The van der Waals surface area contributed by atoms with Gasteiger partial charge in [0, 0.05) is 23.4 Å². The second-order valence-corrected chi connectivity index (χ2v) is 7.14. The molecule has 1 aliphatic rings. The third-order valence-electron chi connectivity index (χ3n) is 4.14. The zero-order chi connectivity index (χ0) is 20.9. The molecule has 0 saturated carbocycles. The first-order chi connectivity index (χ1) is 13.1. The first-order valence-electron chi connectivity index (χ1n) is 8.42. The molecule has 1 aliphatic heterocycles. The zero-order valence-electron chi connectivity index (χ0n) is 15.2. The summed E-state index contributed by atoms with van der Waals surface area (Å²) >= 11 is 0. The molecule has 2 aromatic heterocycles. The van der Waals surface area contributed by atoms with Crippen LogP contribution in [0.1, 0.15) is 19.1 Å². The number of hydrogen-bond donors (Lipinski definition) is 3. The molecule has 3 heterocycles. The first-order valence-corrected chi connectivity index (χ1v) is 9.75. The minimum atomic E-state index is -5.17. The summed E-state index contributed by atoms with van der Waals surface area (Å²) in [7, 11) is -3.17. The third kappa shape index (κ3) is 6.30. The second-order valence-electron chi connectivity index (χ2n) is 6.33. The van der Waals surface area contributed by atoms with Crippen molar-refractivity contribution >= 4 is 27.4 Å². The molecule has 0 aliphatic carbocycles. The molecular formula is C14H23N7O6S-2. The lowest BCUT2D eigenvalue weighted by Gasteiger charge is -2.22. The highest BCUT2D eigenvalue weighted by molar-refractivity contribution is 7.79. The highest BCUT2D eigenvalue weighted by Gasteiger charge is 2.36. The molecule has 0 bridgehead atoms. The predicted molar refractivity (Wildman–Crippen MR) is 95.9 cm³/mol. The fourth-order valence-electron chi connectivity index (χ4n) is 2.89. The van der Waals surface area contributed by atoms with Crippen molar-refractivity contribution in [1.82, 2.24) is 24.4 Å². The molecule has 5 N–H and O–H groups in total. The van der Waals surface area contributed by atoms with Crippen LogP contribution in [0.3, 0.4) is 0 Å². The standard InChI is InChI=1S/C14H23N7O2.H2O4S/c1-20(4-2-3-15)6-10-9(22)5-11(23-10)21-8-19-12-13(16)17-7-18-14(12)21;1-5(2,3)4/h7-11,22H,2-6,15H2,1H3,(H2,16,17,18);(H2,1,2,3,4)/p-2/t9-,10?,11+;/m0./s1. The van der Waals surface area contributed by atoms with Crippen molar-refractivity contribution < 1.29 is 27.4 Å². The van der Waals surface area contributed by atoms with Crippen LogP contribution in [0.25, 0.3) is 11.2 Å². The molecular weight excluding hydrogens is 394 g/mol. The maximum atomic E-state index is 10.3. The highest BCUT2D eigenvalue weighted by atomic mass is 32.3. The quantitative estimate of drug-likeness (QED) is 0.344. The Balaban J connectivity index is 0.000000500. The number of hydrogen-bond acceptors (Lipinski definition) is 12. The Morgan fingerprint density at radius 3 is 2.71 bits per heavy atom. The van der Waals surface area contributed by atoms with Crippen LogP contribution in [0.15, 0.2) is 12.7 Å². The Hall–Kier alpha value is -1.94. The Labute approximate surface area is 161 Å². The normalized spacial score (nSPS) is 22.4. The van der Waals surface area contributed by atoms with E-state index < -0.39 is 16.5 Å². The summed E-state index contributed by atoms with van der Waals surface area (Å²) in [4.78, 5) is 14.5. The van der Waals surface area contributed by atoms with Gasteiger partial charge in [-0.2, -0.15) is 0 Å². The fourth-order valence-corrected chi connectivity index (χ4v) is 2.89. The van der Waals surface area contributed by atoms with Gasteiger partial charge in [-0.25, -0.2) is 15.0 Å². The van der Waals surface area contributed by atoms with E-state index >= 15 is 0 Å². The van der Waals surface area contributed by atoms with E-state index in [2.05, 4.69) is 19.9 Å². The molecule has 3 rings (SSSR count). The lowest BCUT2D eigenvalue weighted by Crippen LogP contribution is -2.36. The molecule has 3 atom stereocenters. The van der Waals surface area contributed by atoms with E-state index in [1.165, 1.54) is 6.33 Å². The third-order valence-corrected chi connectivity index (χ3v) is 4.14. The molecule has 158 valence electrons. The number of rotatable bonds is 6. The van der Waals surface area contributed by atoms with Gasteiger partial charge in [-0.05, 0) is 26.6 Å². The van der Waals surface area contributed by atoms with Crippen molar-refractivity contribution in [3.05, 3.63) is 12.7 Å². The van der Waals surface area contributed by atoms with Crippen molar-refractivity contribution in [3.8, 4) is 0 Å². The van der Waals surface area contributed by atoms with Crippen molar-refractivity contribution in [3.63, 3.8) is 0 Å². The van der Waals surface area contributed by atoms with E-state index in [0.29, 0.717) is 36.5 Å². The van der Waals surface area contributed by atoms with Crippen LogP contribution < -0.4 is 11.5 Å². The number of aliphatic hydroxyl groups excluding tert-OH is 1. The summed E-state index contributed by atoms with van der Waals surface area (Å²) in [6.45, 7) is 2.19. The lowest BCUT2D eigenvalue weighted by molar-refractivity contribution is -0.0302. The molecule has 1 fully saturated rings. The van der Waals surface area contributed by atoms with Gasteiger partial charge in [0.2, 0.25) is 0 Å². The maximum Gasteiger partial charge on any atom is 0.167 e. The number of likely N-dealkylation sites (N-methyl/N-ethyl adjacent to an activating group) is 1. The Bertz CT molecular complexity index is 868. The van der Waals surface area contributed by atoms with Crippen LogP contribution in [0, 0.1) is 0 Å². The van der Waals surface area contributed by atoms with Crippen LogP contribution >= 0.6 is 0 Å². The molecule has 28 heavy (non-hydrogen) atoms. The monoisotopic (exact) mass is 417 g/mol. The number of aromatic nitrogens is 4. The number of ether oxygens (including phenoxy) is 1. The zero-order valence-corrected chi connectivity index (χ0v) is 16.0. The number of aliphatic hydroxyl groups is 1. The molecule has 1 saturated heterocycles. The van der Waals surface area contributed by atoms with Gasteiger partial charge in [0.15, 0.2) is 11.5 Å². The largest absolute Gasteiger partial charge is 0.759 e. The van der Waals surface area contributed by atoms with Gasteiger partial charge in [-0.3, -0.25) is 13.0 Å². The second kappa shape index (κ2) is 9.51. The van der Waals surface area contributed by atoms with Crippen molar-refractivity contribution in [2.45, 2.75) is 31.3 Å². The molecule has 0 radical (unpaired) electrons. The molecule has 0 amide bonds. The molecule has 0 aromatic carbocycles. The van der Waals surface area contributed by atoms with Crippen molar-refractivity contribution in [2.75, 3.05) is 32.4 Å². The van der Waals surface area contributed by atoms with Crippen LogP contribution in [0.5, 0.6) is 0 Å². The van der Waals surface area contributed by atoms with Crippen LogP contribution in [-0.4, -0.2) is 85.9 Å². The Morgan fingerprint density at radius 1 is 1.39 bits per heavy atom. The minimum absolute atomic E-state index is 0.251. The predicted octanol–water partition coefficient (Wildman–Crippen LogP) is -2.00. The van der Waals surface area contributed by atoms with Crippen molar-refractivity contribution in [2.24, 2.45) is 5.73 Å². The highest BCUT2D eigenvalue weighted by Crippen LogP contribution is 2.31. The number of anilines is 1. The summed E-state index contributed by atoms with van der Waals surface area (Å²) in [6.07, 6.45) is 3.36. The SMILES string of the molecule is CN(CCCN)CC1O[C@@H](n2cnc3c(N)ncnc32)C[C@@H]1O.O=S(=O)([O-])[O-]. The van der Waals surface area contributed by atoms with Crippen LogP contribution in [-0.2, 0) is 15.1 Å². The summed E-state index contributed by atoms with van der Waals surface area (Å²) in [6, 6.07) is 0. The fraction of sp³-hybridized carbons (Fsp3) is 0.643. The molecule has 0 spiro atoms. The summed E-state index contributed by atoms with van der Waals surface area (Å²) in [5, 5.41) is 10.3. The average molecular weight is 417 g/mol. The van der Waals surface area contributed by atoms with E-state index in [0.717, 1.165) is 13.0 Å². The lowest BCUT2D eigenvalue weighted by atomic mass is 10.1. The van der Waals surface area contributed by atoms with Gasteiger partial charge in [0.1, 0.15) is 18.1 Å². The molecule has 14 heteroatoms. The number of nitrogens with two attached hydrogens (primary N) is 2. The molecule has 2 aromatic rings. The maximum absolute atomic E-state index is 10.3. The van der Waals surface area contributed by atoms with Crippen LogP contribution in [0.4, 0.5) is 5.82 Å². The smallest absolute Gasteiger partial charge is 0.167 e. The summed E-state index contributed by atoms with van der Waals surface area (Å²) < 4.78 is 41.9. The number of nitrogen functional groups attached to an aromatic ring is 1. The topological polar surface area (TPSA) is 209 Å². The van der Waals surface area contributed by atoms with E-state index in [1.54, 1.807) is 10.9 Å². The van der Waals surface area contributed by atoms with Crippen LogP contribution in [0.2, 0.25) is 0 Å². The number of fused-ring (bicyclic) bond motifs is 1. The summed E-state index contributed by atoms with van der Waals surface area (Å²) in [5.74, 6) is 0.338. The van der Waals surface area contributed by atoms with Gasteiger partial charge in [-0.1, -0.05) is 0 Å². The number of imidazole rings is 1. The van der Waals surface area contributed by atoms with Crippen molar-refractivity contribution in [1.29, 1.82) is 0 Å². The van der Waals surface area contributed by atoms with E-state index in [4.69, 9.17) is 33.7 Å².